The van der Waals surface area contributed by atoms with Gasteiger partial charge in [-0.1, -0.05) is 24.4 Å². The van der Waals surface area contributed by atoms with E-state index in [1.54, 1.807) is 12.3 Å². The average Bonchev–Trinajstić information content (AvgIpc) is 2.79. The molecule has 0 spiro atoms. The zero-order valence-corrected chi connectivity index (χ0v) is 10.4. The number of anilines is 1. The standard InChI is InChI=1S/C12H16ClN3O/c13-11-7-10(5-6-15-11)16(8-12(14)17)9-3-1-2-4-9/h5-7,9H,1-4,8H2,(H2,14,17). The summed E-state index contributed by atoms with van der Waals surface area (Å²) in [5.41, 5.74) is 6.23. The molecular weight excluding hydrogens is 238 g/mol. The van der Waals surface area contributed by atoms with E-state index in [-0.39, 0.29) is 12.5 Å². The van der Waals surface area contributed by atoms with Crippen molar-refractivity contribution >= 4 is 23.2 Å². The maximum atomic E-state index is 11.2. The van der Waals surface area contributed by atoms with Gasteiger partial charge in [-0.2, -0.15) is 0 Å². The number of hydrogen-bond acceptors (Lipinski definition) is 3. The van der Waals surface area contributed by atoms with Crippen LogP contribution in [0.1, 0.15) is 25.7 Å². The first-order valence-electron chi connectivity index (χ1n) is 5.83. The van der Waals surface area contributed by atoms with Crippen molar-refractivity contribution in [3.05, 3.63) is 23.5 Å². The van der Waals surface area contributed by atoms with E-state index in [1.807, 2.05) is 11.0 Å². The molecule has 1 amide bonds. The summed E-state index contributed by atoms with van der Waals surface area (Å²) >= 11 is 5.88. The number of nitrogens with two attached hydrogens (primary N) is 1. The minimum absolute atomic E-state index is 0.241. The second-order valence-electron chi connectivity index (χ2n) is 4.37. The summed E-state index contributed by atoms with van der Waals surface area (Å²) in [7, 11) is 0. The first kappa shape index (κ1) is 12.2. The fourth-order valence-corrected chi connectivity index (χ4v) is 2.55. The molecule has 0 radical (unpaired) electrons. The molecule has 0 bridgehead atoms. The van der Waals surface area contributed by atoms with Gasteiger partial charge in [-0.3, -0.25) is 4.79 Å². The van der Waals surface area contributed by atoms with Crippen LogP contribution in [0.2, 0.25) is 5.15 Å². The summed E-state index contributed by atoms with van der Waals surface area (Å²) < 4.78 is 0. The minimum Gasteiger partial charge on any atom is -0.368 e. The Morgan fingerprint density at radius 3 is 2.82 bits per heavy atom. The summed E-state index contributed by atoms with van der Waals surface area (Å²) in [5, 5.41) is 0.440. The van der Waals surface area contributed by atoms with Crippen molar-refractivity contribution in [2.45, 2.75) is 31.7 Å². The Morgan fingerprint density at radius 2 is 2.24 bits per heavy atom. The summed E-state index contributed by atoms with van der Waals surface area (Å²) in [5.74, 6) is -0.315. The van der Waals surface area contributed by atoms with E-state index in [2.05, 4.69) is 4.98 Å². The van der Waals surface area contributed by atoms with E-state index in [1.165, 1.54) is 12.8 Å². The molecule has 0 atom stereocenters. The smallest absolute Gasteiger partial charge is 0.236 e. The molecule has 1 aliphatic carbocycles. The lowest BCUT2D eigenvalue weighted by atomic mass is 10.2. The molecule has 0 unspecified atom stereocenters. The van der Waals surface area contributed by atoms with Crippen LogP contribution >= 0.6 is 11.6 Å². The van der Waals surface area contributed by atoms with E-state index >= 15 is 0 Å². The molecule has 2 rings (SSSR count). The highest BCUT2D eigenvalue weighted by Crippen LogP contribution is 2.28. The maximum Gasteiger partial charge on any atom is 0.236 e. The van der Waals surface area contributed by atoms with Crippen LogP contribution < -0.4 is 10.6 Å². The highest BCUT2D eigenvalue weighted by molar-refractivity contribution is 6.29. The molecule has 2 N–H and O–H groups in total. The zero-order valence-electron chi connectivity index (χ0n) is 9.60. The number of primary amides is 1. The monoisotopic (exact) mass is 253 g/mol. The number of aromatic nitrogens is 1. The second kappa shape index (κ2) is 5.36. The highest BCUT2D eigenvalue weighted by Gasteiger charge is 2.24. The fraction of sp³-hybridized carbons (Fsp3) is 0.500. The number of pyridine rings is 1. The van der Waals surface area contributed by atoms with Crippen LogP contribution in [0.4, 0.5) is 5.69 Å². The third kappa shape index (κ3) is 3.09. The Bertz CT molecular complexity index is 404. The average molecular weight is 254 g/mol. The molecule has 1 heterocycles. The number of rotatable bonds is 4. The number of carbonyl (C=O) groups is 1. The van der Waals surface area contributed by atoms with Gasteiger partial charge in [-0.05, 0) is 25.0 Å². The lowest BCUT2D eigenvalue weighted by molar-refractivity contribution is -0.116. The number of carbonyl (C=O) groups excluding carboxylic acids is 1. The van der Waals surface area contributed by atoms with Gasteiger partial charge in [0.05, 0.1) is 6.54 Å². The van der Waals surface area contributed by atoms with Gasteiger partial charge in [0.15, 0.2) is 0 Å². The molecule has 1 aromatic rings. The molecule has 0 saturated heterocycles. The number of halogens is 1. The van der Waals surface area contributed by atoms with Gasteiger partial charge < -0.3 is 10.6 Å². The number of nitrogens with zero attached hydrogens (tertiary/aromatic N) is 2. The molecule has 1 aliphatic rings. The second-order valence-corrected chi connectivity index (χ2v) is 4.76. The van der Waals surface area contributed by atoms with Crippen molar-refractivity contribution in [2.75, 3.05) is 11.4 Å². The highest BCUT2D eigenvalue weighted by atomic mass is 35.5. The van der Waals surface area contributed by atoms with E-state index in [0.717, 1.165) is 18.5 Å². The zero-order chi connectivity index (χ0) is 12.3. The van der Waals surface area contributed by atoms with Gasteiger partial charge in [-0.15, -0.1) is 0 Å². The van der Waals surface area contributed by atoms with Crippen LogP contribution in [-0.4, -0.2) is 23.5 Å². The van der Waals surface area contributed by atoms with Crippen molar-refractivity contribution < 1.29 is 4.79 Å². The van der Waals surface area contributed by atoms with E-state index in [9.17, 15) is 4.79 Å². The molecule has 1 aromatic heterocycles. The first-order chi connectivity index (χ1) is 8.16. The third-order valence-corrected chi connectivity index (χ3v) is 3.34. The molecule has 92 valence electrons. The Hall–Kier alpha value is -1.29. The Balaban J connectivity index is 2.22. The van der Waals surface area contributed by atoms with Crippen molar-refractivity contribution in [3.63, 3.8) is 0 Å². The van der Waals surface area contributed by atoms with Crippen LogP contribution in [0, 0.1) is 0 Å². The van der Waals surface area contributed by atoms with Crippen molar-refractivity contribution in [3.8, 4) is 0 Å². The van der Waals surface area contributed by atoms with Crippen LogP contribution in [0.5, 0.6) is 0 Å². The van der Waals surface area contributed by atoms with E-state index in [4.69, 9.17) is 17.3 Å². The Morgan fingerprint density at radius 1 is 1.53 bits per heavy atom. The topological polar surface area (TPSA) is 59.2 Å². The number of amides is 1. The predicted molar refractivity (Wildman–Crippen MR) is 68.0 cm³/mol. The van der Waals surface area contributed by atoms with Gasteiger partial charge in [0.25, 0.3) is 0 Å². The molecule has 0 aromatic carbocycles. The maximum absolute atomic E-state index is 11.2. The fourth-order valence-electron chi connectivity index (χ4n) is 2.39. The summed E-state index contributed by atoms with van der Waals surface area (Å²) in [6.45, 7) is 0.241. The van der Waals surface area contributed by atoms with Crippen molar-refractivity contribution in [1.29, 1.82) is 0 Å². The summed E-state index contributed by atoms with van der Waals surface area (Å²) in [6.07, 6.45) is 6.28. The van der Waals surface area contributed by atoms with Gasteiger partial charge in [0.1, 0.15) is 5.15 Å². The van der Waals surface area contributed by atoms with Gasteiger partial charge >= 0.3 is 0 Å². The van der Waals surface area contributed by atoms with Gasteiger partial charge in [0, 0.05) is 17.9 Å². The normalized spacial score (nSPS) is 16.1. The van der Waals surface area contributed by atoms with Crippen LogP contribution in [0.15, 0.2) is 18.3 Å². The largest absolute Gasteiger partial charge is 0.368 e. The third-order valence-electron chi connectivity index (χ3n) is 3.13. The van der Waals surface area contributed by atoms with E-state index < -0.39 is 0 Å². The molecule has 4 nitrogen and oxygen atoms in total. The molecule has 1 fully saturated rings. The molecule has 5 heteroatoms. The number of hydrogen-bond donors (Lipinski definition) is 1. The van der Waals surface area contributed by atoms with E-state index in [0.29, 0.717) is 11.2 Å². The molecule has 1 saturated carbocycles. The predicted octanol–water partition coefficient (Wildman–Crippen LogP) is 1.97. The van der Waals surface area contributed by atoms with Crippen LogP contribution in [-0.2, 0) is 4.79 Å². The van der Waals surface area contributed by atoms with Crippen molar-refractivity contribution in [1.82, 2.24) is 4.98 Å². The first-order valence-corrected chi connectivity index (χ1v) is 6.21. The molecule has 17 heavy (non-hydrogen) atoms. The lowest BCUT2D eigenvalue weighted by Crippen LogP contribution is -2.40. The summed E-state index contributed by atoms with van der Waals surface area (Å²) in [6, 6.07) is 4.04. The van der Waals surface area contributed by atoms with Gasteiger partial charge in [0.2, 0.25) is 5.91 Å². The Labute approximate surface area is 106 Å². The SMILES string of the molecule is NC(=O)CN(c1ccnc(Cl)c1)C1CCCC1. The van der Waals surface area contributed by atoms with Crippen molar-refractivity contribution in [2.24, 2.45) is 5.73 Å². The lowest BCUT2D eigenvalue weighted by Gasteiger charge is -2.29. The summed E-state index contributed by atoms with van der Waals surface area (Å²) in [4.78, 5) is 17.2. The van der Waals surface area contributed by atoms with Crippen LogP contribution in [0.3, 0.4) is 0 Å². The van der Waals surface area contributed by atoms with Crippen LogP contribution in [0.25, 0.3) is 0 Å². The molecule has 0 aliphatic heterocycles. The molecular formula is C12H16ClN3O. The minimum atomic E-state index is -0.315. The van der Waals surface area contributed by atoms with Gasteiger partial charge in [-0.25, -0.2) is 4.98 Å². The quantitative estimate of drug-likeness (QED) is 0.835. The Kier molecular flexibility index (Phi) is 3.84.